The largest absolute Gasteiger partial charge is 0.293 e. The molecular weight excluding hydrogens is 315 g/mol. The van der Waals surface area contributed by atoms with Gasteiger partial charge in [0, 0.05) is 15.4 Å². The summed E-state index contributed by atoms with van der Waals surface area (Å²) in [6.07, 6.45) is 1.05. The molecule has 0 bridgehead atoms. The van der Waals surface area contributed by atoms with Crippen molar-refractivity contribution in [2.45, 2.75) is 0 Å². The Morgan fingerprint density at radius 2 is 2.07 bits per heavy atom. The molecule has 0 saturated carbocycles. The first kappa shape index (κ1) is 11.6. The summed E-state index contributed by atoms with van der Waals surface area (Å²) in [5, 5.41) is 0. The van der Waals surface area contributed by atoms with Crippen molar-refractivity contribution in [2.75, 3.05) is 12.0 Å². The molecule has 0 atom stereocenters. The fourth-order valence-corrected chi connectivity index (χ4v) is 2.17. The fourth-order valence-electron chi connectivity index (χ4n) is 0.983. The van der Waals surface area contributed by atoms with Crippen LogP contribution in [0.25, 0.3) is 0 Å². The summed E-state index contributed by atoms with van der Waals surface area (Å²) in [4.78, 5) is 11.4. The predicted molar refractivity (Wildman–Crippen MR) is 63.2 cm³/mol. The molecule has 0 N–H and O–H groups in total. The highest BCUT2D eigenvalue weighted by Crippen LogP contribution is 2.09. The molecule has 1 aromatic rings. The van der Waals surface area contributed by atoms with Gasteiger partial charge in [-0.3, -0.25) is 4.79 Å². The van der Waals surface area contributed by atoms with Crippen molar-refractivity contribution in [3.63, 3.8) is 0 Å². The highest BCUT2D eigenvalue weighted by Gasteiger charge is 2.12. The molecule has 0 amide bonds. The van der Waals surface area contributed by atoms with Gasteiger partial charge in [-0.05, 0) is 34.7 Å². The Hall–Kier alpha value is -0.430. The number of rotatable bonds is 3. The molecule has 0 aromatic heterocycles. The van der Waals surface area contributed by atoms with Crippen molar-refractivity contribution in [3.05, 3.63) is 33.4 Å². The number of carbonyl (C=O) groups excluding carboxylic acids is 1. The summed E-state index contributed by atoms with van der Waals surface area (Å²) in [5.41, 5.74) is 0.447. The highest BCUT2D eigenvalue weighted by molar-refractivity contribution is 14.1. The standard InChI is InChI=1S/C9H9IO3S/c1-14(12,13)6-9(11)7-3-2-4-8(10)5-7/h2-5H,6H2,1H3. The molecule has 0 fully saturated rings. The second kappa shape index (κ2) is 4.39. The van der Waals surface area contributed by atoms with Crippen LogP contribution < -0.4 is 0 Å². The highest BCUT2D eigenvalue weighted by atomic mass is 127. The summed E-state index contributed by atoms with van der Waals surface area (Å²) in [6.45, 7) is 0. The third-order valence-corrected chi connectivity index (χ3v) is 3.00. The van der Waals surface area contributed by atoms with E-state index in [2.05, 4.69) is 22.6 Å². The third kappa shape index (κ3) is 3.75. The van der Waals surface area contributed by atoms with Gasteiger partial charge in [0.25, 0.3) is 0 Å². The zero-order valence-corrected chi connectivity index (χ0v) is 10.5. The van der Waals surface area contributed by atoms with Crippen molar-refractivity contribution >= 4 is 38.2 Å². The minimum Gasteiger partial charge on any atom is -0.293 e. The van der Waals surface area contributed by atoms with Crippen LogP contribution >= 0.6 is 22.6 Å². The van der Waals surface area contributed by atoms with E-state index in [0.29, 0.717) is 5.56 Å². The summed E-state index contributed by atoms with van der Waals surface area (Å²) < 4.78 is 22.7. The number of hydrogen-bond donors (Lipinski definition) is 0. The number of carbonyl (C=O) groups is 1. The van der Waals surface area contributed by atoms with E-state index in [1.807, 2.05) is 6.07 Å². The predicted octanol–water partition coefficient (Wildman–Crippen LogP) is 1.52. The molecule has 0 aliphatic rings. The average molecular weight is 324 g/mol. The summed E-state index contributed by atoms with van der Waals surface area (Å²) in [5.74, 6) is -0.779. The molecule has 0 saturated heterocycles. The van der Waals surface area contributed by atoms with Gasteiger partial charge in [0.15, 0.2) is 15.6 Å². The van der Waals surface area contributed by atoms with Crippen LogP contribution in [0.2, 0.25) is 0 Å². The van der Waals surface area contributed by atoms with Crippen molar-refractivity contribution < 1.29 is 13.2 Å². The maximum absolute atomic E-state index is 11.4. The Morgan fingerprint density at radius 3 is 2.57 bits per heavy atom. The number of sulfone groups is 1. The van der Waals surface area contributed by atoms with Gasteiger partial charge in [-0.15, -0.1) is 0 Å². The zero-order chi connectivity index (χ0) is 10.8. The first-order chi connectivity index (χ1) is 6.38. The van der Waals surface area contributed by atoms with E-state index < -0.39 is 15.6 Å². The normalized spacial score (nSPS) is 11.3. The van der Waals surface area contributed by atoms with Crippen LogP contribution in [-0.4, -0.2) is 26.2 Å². The number of ketones is 1. The molecule has 1 aromatic carbocycles. The van der Waals surface area contributed by atoms with Crippen molar-refractivity contribution in [2.24, 2.45) is 0 Å². The third-order valence-electron chi connectivity index (χ3n) is 1.54. The Kier molecular flexibility index (Phi) is 3.65. The lowest BCUT2D eigenvalue weighted by molar-refractivity contribution is 0.102. The van der Waals surface area contributed by atoms with Crippen LogP contribution in [0.15, 0.2) is 24.3 Å². The Morgan fingerprint density at radius 1 is 1.43 bits per heavy atom. The molecule has 0 unspecified atom stereocenters. The molecule has 76 valence electrons. The minimum absolute atomic E-state index is 0.356. The van der Waals surface area contributed by atoms with Crippen LogP contribution in [0.3, 0.4) is 0 Å². The molecule has 0 aliphatic carbocycles. The van der Waals surface area contributed by atoms with E-state index >= 15 is 0 Å². The van der Waals surface area contributed by atoms with E-state index in [9.17, 15) is 13.2 Å². The van der Waals surface area contributed by atoms with Crippen LogP contribution in [0.1, 0.15) is 10.4 Å². The molecule has 1 rings (SSSR count). The molecule has 3 nitrogen and oxygen atoms in total. The quantitative estimate of drug-likeness (QED) is 0.626. The zero-order valence-electron chi connectivity index (χ0n) is 7.53. The summed E-state index contributed by atoms with van der Waals surface area (Å²) in [6, 6.07) is 6.87. The van der Waals surface area contributed by atoms with Gasteiger partial charge in [0.1, 0.15) is 5.75 Å². The summed E-state index contributed by atoms with van der Waals surface area (Å²) in [7, 11) is -3.24. The number of benzene rings is 1. The van der Waals surface area contributed by atoms with Gasteiger partial charge < -0.3 is 0 Å². The Labute approximate surface area is 96.6 Å². The van der Waals surface area contributed by atoms with Crippen molar-refractivity contribution in [3.8, 4) is 0 Å². The second-order valence-corrected chi connectivity index (χ2v) is 6.39. The summed E-state index contributed by atoms with van der Waals surface area (Å²) >= 11 is 2.07. The van der Waals surface area contributed by atoms with Gasteiger partial charge in [0.05, 0.1) is 0 Å². The minimum atomic E-state index is -3.24. The maximum atomic E-state index is 11.4. The molecule has 5 heteroatoms. The monoisotopic (exact) mass is 324 g/mol. The second-order valence-electron chi connectivity index (χ2n) is 3.00. The maximum Gasteiger partial charge on any atom is 0.177 e. The topological polar surface area (TPSA) is 51.2 Å². The fraction of sp³-hybridized carbons (Fsp3) is 0.222. The Bertz CT molecular complexity index is 451. The lowest BCUT2D eigenvalue weighted by atomic mass is 10.2. The van der Waals surface area contributed by atoms with Gasteiger partial charge >= 0.3 is 0 Å². The lowest BCUT2D eigenvalue weighted by Gasteiger charge is -1.99. The average Bonchev–Trinajstić information content (AvgIpc) is 2.01. The van der Waals surface area contributed by atoms with Crippen LogP contribution in [0.5, 0.6) is 0 Å². The SMILES string of the molecule is CS(=O)(=O)CC(=O)c1cccc(I)c1. The van der Waals surface area contributed by atoms with Crippen LogP contribution in [0, 0.1) is 3.57 Å². The number of Topliss-reactive ketones (excluding diaryl/α,β-unsaturated/α-hetero) is 1. The Balaban J connectivity index is 2.91. The van der Waals surface area contributed by atoms with E-state index in [1.165, 1.54) is 0 Å². The smallest absolute Gasteiger partial charge is 0.177 e. The molecule has 0 heterocycles. The van der Waals surface area contributed by atoms with E-state index in [4.69, 9.17) is 0 Å². The number of hydrogen-bond acceptors (Lipinski definition) is 3. The molecule has 14 heavy (non-hydrogen) atoms. The molecule has 0 aliphatic heterocycles. The van der Waals surface area contributed by atoms with Gasteiger partial charge in [-0.1, -0.05) is 12.1 Å². The van der Waals surface area contributed by atoms with Crippen molar-refractivity contribution in [1.82, 2.24) is 0 Å². The van der Waals surface area contributed by atoms with Crippen molar-refractivity contribution in [1.29, 1.82) is 0 Å². The van der Waals surface area contributed by atoms with Crippen LogP contribution in [0.4, 0.5) is 0 Å². The lowest BCUT2D eigenvalue weighted by Crippen LogP contribution is -2.14. The van der Waals surface area contributed by atoms with E-state index in [-0.39, 0.29) is 5.78 Å². The first-order valence-electron chi connectivity index (χ1n) is 3.85. The van der Waals surface area contributed by atoms with Gasteiger partial charge in [-0.25, -0.2) is 8.42 Å². The van der Waals surface area contributed by atoms with Gasteiger partial charge in [0.2, 0.25) is 0 Å². The molecular formula is C9H9IO3S. The van der Waals surface area contributed by atoms with E-state index in [1.54, 1.807) is 18.2 Å². The van der Waals surface area contributed by atoms with Gasteiger partial charge in [-0.2, -0.15) is 0 Å². The van der Waals surface area contributed by atoms with E-state index in [0.717, 1.165) is 9.83 Å². The molecule has 0 radical (unpaired) electrons. The number of halogens is 1. The molecule has 0 spiro atoms. The van der Waals surface area contributed by atoms with Crippen LogP contribution in [-0.2, 0) is 9.84 Å². The first-order valence-corrected chi connectivity index (χ1v) is 6.99.